The number of amides is 2. The van der Waals surface area contributed by atoms with Gasteiger partial charge in [-0.25, -0.2) is 0 Å². The number of carbonyl (C=O) groups excluding carboxylic acids is 2. The van der Waals surface area contributed by atoms with Gasteiger partial charge in [-0.05, 0) is 50.8 Å². The maximum atomic E-state index is 12.5. The molecule has 2 rings (SSSR count). The van der Waals surface area contributed by atoms with Gasteiger partial charge in [0.1, 0.15) is 5.41 Å². The first-order valence-corrected chi connectivity index (χ1v) is 9.27. The Bertz CT molecular complexity index is 654. The molecule has 7 nitrogen and oxygen atoms in total. The average Bonchev–Trinajstić information content (AvgIpc) is 3.19. The minimum Gasteiger partial charge on any atom is -0.493 e. The molecule has 0 bridgehead atoms. The van der Waals surface area contributed by atoms with Crippen LogP contribution >= 0.6 is 0 Å². The van der Waals surface area contributed by atoms with E-state index in [1.165, 1.54) is 0 Å². The van der Waals surface area contributed by atoms with Gasteiger partial charge in [-0.3, -0.25) is 9.59 Å². The van der Waals surface area contributed by atoms with Gasteiger partial charge in [-0.2, -0.15) is 0 Å². The molecule has 1 aromatic carbocycles. The van der Waals surface area contributed by atoms with E-state index in [2.05, 4.69) is 10.6 Å². The zero-order chi connectivity index (χ0) is 19.9. The van der Waals surface area contributed by atoms with Crippen molar-refractivity contribution in [1.29, 1.82) is 0 Å². The SMILES string of the molecule is COc1ccc(CCNC(=O)C(C)(C)C(=O)NCC2CCCO2)cc1OC. The van der Waals surface area contributed by atoms with E-state index < -0.39 is 5.41 Å². The summed E-state index contributed by atoms with van der Waals surface area (Å²) in [5.41, 5.74) is -0.135. The summed E-state index contributed by atoms with van der Waals surface area (Å²) in [5, 5.41) is 5.67. The van der Waals surface area contributed by atoms with Crippen LogP contribution in [-0.4, -0.2) is 51.8 Å². The zero-order valence-electron chi connectivity index (χ0n) is 16.6. The first-order chi connectivity index (χ1) is 12.9. The minimum absolute atomic E-state index is 0.0536. The summed E-state index contributed by atoms with van der Waals surface area (Å²) in [6.07, 6.45) is 2.64. The Balaban J connectivity index is 1.81. The Hall–Kier alpha value is -2.28. The fourth-order valence-electron chi connectivity index (χ4n) is 2.91. The summed E-state index contributed by atoms with van der Waals surface area (Å²) < 4.78 is 16.0. The summed E-state index contributed by atoms with van der Waals surface area (Å²) >= 11 is 0. The number of hydrogen-bond donors (Lipinski definition) is 2. The molecule has 1 aromatic rings. The van der Waals surface area contributed by atoms with Crippen molar-refractivity contribution in [2.75, 3.05) is 33.9 Å². The fourth-order valence-corrected chi connectivity index (χ4v) is 2.91. The highest BCUT2D eigenvalue weighted by Crippen LogP contribution is 2.27. The average molecular weight is 378 g/mol. The molecule has 2 N–H and O–H groups in total. The third-order valence-electron chi connectivity index (χ3n) is 4.80. The number of methoxy groups -OCH3 is 2. The van der Waals surface area contributed by atoms with Crippen LogP contribution in [-0.2, 0) is 20.7 Å². The standard InChI is InChI=1S/C20H30N2O5/c1-20(2,19(24)22-13-15-6-5-11-27-15)18(23)21-10-9-14-7-8-16(25-3)17(12-14)26-4/h7-8,12,15H,5-6,9-11,13H2,1-4H3,(H,21,23)(H,22,24). The molecule has 1 aliphatic rings. The monoisotopic (exact) mass is 378 g/mol. The number of ether oxygens (including phenoxy) is 3. The molecule has 2 amide bonds. The van der Waals surface area contributed by atoms with Crippen molar-refractivity contribution in [2.45, 2.75) is 39.2 Å². The second-order valence-electron chi connectivity index (χ2n) is 7.17. The van der Waals surface area contributed by atoms with Crippen LogP contribution in [0.3, 0.4) is 0 Å². The van der Waals surface area contributed by atoms with E-state index >= 15 is 0 Å². The minimum atomic E-state index is -1.14. The third-order valence-corrected chi connectivity index (χ3v) is 4.80. The first-order valence-electron chi connectivity index (χ1n) is 9.27. The van der Waals surface area contributed by atoms with Crippen LogP contribution in [0.4, 0.5) is 0 Å². The van der Waals surface area contributed by atoms with Crippen LogP contribution < -0.4 is 20.1 Å². The molecule has 1 saturated heterocycles. The van der Waals surface area contributed by atoms with Crippen molar-refractivity contribution in [3.05, 3.63) is 23.8 Å². The molecule has 0 spiro atoms. The smallest absolute Gasteiger partial charge is 0.235 e. The van der Waals surface area contributed by atoms with Crippen LogP contribution in [0.25, 0.3) is 0 Å². The quantitative estimate of drug-likeness (QED) is 0.639. The van der Waals surface area contributed by atoms with Crippen LogP contribution in [0.15, 0.2) is 18.2 Å². The molecule has 1 aliphatic heterocycles. The van der Waals surface area contributed by atoms with Gasteiger partial charge < -0.3 is 24.8 Å². The van der Waals surface area contributed by atoms with Crippen molar-refractivity contribution < 1.29 is 23.8 Å². The van der Waals surface area contributed by atoms with Gasteiger partial charge in [0.25, 0.3) is 0 Å². The van der Waals surface area contributed by atoms with Crippen molar-refractivity contribution >= 4 is 11.8 Å². The molecule has 1 heterocycles. The number of rotatable bonds is 9. The van der Waals surface area contributed by atoms with Gasteiger partial charge in [0.15, 0.2) is 11.5 Å². The predicted molar refractivity (Wildman–Crippen MR) is 102 cm³/mol. The fraction of sp³-hybridized carbons (Fsp3) is 0.600. The lowest BCUT2D eigenvalue weighted by Crippen LogP contribution is -2.49. The molecule has 0 radical (unpaired) electrons. The molecule has 0 aromatic heterocycles. The van der Waals surface area contributed by atoms with Crippen LogP contribution in [0.1, 0.15) is 32.3 Å². The topological polar surface area (TPSA) is 85.9 Å². The van der Waals surface area contributed by atoms with E-state index in [4.69, 9.17) is 14.2 Å². The summed E-state index contributed by atoms with van der Waals surface area (Å²) in [6, 6.07) is 5.63. The number of benzene rings is 1. The van der Waals surface area contributed by atoms with Crippen LogP contribution in [0.2, 0.25) is 0 Å². The number of nitrogens with one attached hydrogen (secondary N) is 2. The summed E-state index contributed by atoms with van der Waals surface area (Å²) in [5.74, 6) is 0.721. The lowest BCUT2D eigenvalue weighted by atomic mass is 9.91. The summed E-state index contributed by atoms with van der Waals surface area (Å²) in [4.78, 5) is 24.9. The highest BCUT2D eigenvalue weighted by atomic mass is 16.5. The summed E-state index contributed by atoms with van der Waals surface area (Å²) in [7, 11) is 3.17. The van der Waals surface area contributed by atoms with E-state index in [0.717, 1.165) is 25.0 Å². The Morgan fingerprint density at radius 1 is 1.15 bits per heavy atom. The molecule has 1 fully saturated rings. The Morgan fingerprint density at radius 3 is 2.48 bits per heavy atom. The normalized spacial score (nSPS) is 16.7. The number of carbonyl (C=O) groups is 2. The van der Waals surface area contributed by atoms with Gasteiger partial charge in [0.2, 0.25) is 11.8 Å². The Kier molecular flexibility index (Phi) is 7.47. The molecule has 27 heavy (non-hydrogen) atoms. The number of hydrogen-bond acceptors (Lipinski definition) is 5. The van der Waals surface area contributed by atoms with Crippen molar-refractivity contribution in [1.82, 2.24) is 10.6 Å². The molecule has 1 unspecified atom stereocenters. The van der Waals surface area contributed by atoms with E-state index in [-0.39, 0.29) is 17.9 Å². The van der Waals surface area contributed by atoms with Crippen LogP contribution in [0, 0.1) is 5.41 Å². The largest absolute Gasteiger partial charge is 0.493 e. The first kappa shape index (κ1) is 21.0. The second kappa shape index (κ2) is 9.60. The third kappa shape index (κ3) is 5.60. The highest BCUT2D eigenvalue weighted by Gasteiger charge is 2.36. The van der Waals surface area contributed by atoms with E-state index in [1.54, 1.807) is 28.1 Å². The second-order valence-corrected chi connectivity index (χ2v) is 7.17. The van der Waals surface area contributed by atoms with Crippen molar-refractivity contribution in [2.24, 2.45) is 5.41 Å². The van der Waals surface area contributed by atoms with E-state index in [0.29, 0.717) is 31.0 Å². The molecule has 150 valence electrons. The molecule has 7 heteroatoms. The zero-order valence-corrected chi connectivity index (χ0v) is 16.6. The van der Waals surface area contributed by atoms with E-state index in [1.807, 2.05) is 18.2 Å². The van der Waals surface area contributed by atoms with Gasteiger partial charge >= 0.3 is 0 Å². The molecular formula is C20H30N2O5. The molecule has 1 atom stereocenters. The van der Waals surface area contributed by atoms with Gasteiger partial charge in [0, 0.05) is 19.7 Å². The highest BCUT2D eigenvalue weighted by molar-refractivity contribution is 6.04. The van der Waals surface area contributed by atoms with Gasteiger partial charge in [-0.1, -0.05) is 6.07 Å². The molecule has 0 saturated carbocycles. The van der Waals surface area contributed by atoms with Gasteiger partial charge in [0.05, 0.1) is 20.3 Å². The van der Waals surface area contributed by atoms with Crippen molar-refractivity contribution in [3.8, 4) is 11.5 Å². The van der Waals surface area contributed by atoms with Crippen molar-refractivity contribution in [3.63, 3.8) is 0 Å². The van der Waals surface area contributed by atoms with Crippen LogP contribution in [0.5, 0.6) is 11.5 Å². The lowest BCUT2D eigenvalue weighted by molar-refractivity contribution is -0.141. The summed E-state index contributed by atoms with van der Waals surface area (Å²) in [6.45, 7) is 4.87. The van der Waals surface area contributed by atoms with E-state index in [9.17, 15) is 9.59 Å². The maximum Gasteiger partial charge on any atom is 0.235 e. The Labute approximate surface area is 160 Å². The molecular weight excluding hydrogens is 348 g/mol. The molecule has 0 aliphatic carbocycles. The van der Waals surface area contributed by atoms with Gasteiger partial charge in [-0.15, -0.1) is 0 Å². The lowest BCUT2D eigenvalue weighted by Gasteiger charge is -2.23. The predicted octanol–water partition coefficient (Wildman–Crippen LogP) is 1.68. The Morgan fingerprint density at radius 2 is 1.85 bits per heavy atom. The maximum absolute atomic E-state index is 12.5.